The normalized spacial score (nSPS) is 17.6. The molecule has 0 aromatic heterocycles. The molecule has 6 heteroatoms. The van der Waals surface area contributed by atoms with Crippen molar-refractivity contribution in [2.45, 2.75) is 12.3 Å². The Bertz CT molecular complexity index is 655. The van der Waals surface area contributed by atoms with Crippen molar-refractivity contribution in [2.75, 3.05) is 11.9 Å². The van der Waals surface area contributed by atoms with Gasteiger partial charge in [-0.15, -0.1) is 0 Å². The second-order valence-electron chi connectivity index (χ2n) is 4.75. The van der Waals surface area contributed by atoms with Crippen molar-refractivity contribution in [1.82, 2.24) is 0 Å². The molecule has 1 aliphatic rings. The highest BCUT2D eigenvalue weighted by Crippen LogP contribution is 2.36. The summed E-state index contributed by atoms with van der Waals surface area (Å²) in [6.45, 7) is 0.509. The van der Waals surface area contributed by atoms with Crippen LogP contribution in [0.5, 0.6) is 5.75 Å². The molecule has 2 aromatic rings. The smallest absolute Gasteiger partial charge is 0.416 e. The van der Waals surface area contributed by atoms with E-state index in [9.17, 15) is 13.2 Å². The van der Waals surface area contributed by atoms with E-state index in [1.807, 2.05) is 18.2 Å². The van der Waals surface area contributed by atoms with Gasteiger partial charge >= 0.3 is 6.18 Å². The summed E-state index contributed by atoms with van der Waals surface area (Å²) in [6, 6.07) is 10.7. The molecule has 0 radical (unpaired) electrons. The molecule has 110 valence electrons. The molecular formula is C15H11BrF3NO. The second kappa shape index (κ2) is 5.26. The molecule has 2 aromatic carbocycles. The van der Waals surface area contributed by atoms with Gasteiger partial charge in [0, 0.05) is 4.47 Å². The van der Waals surface area contributed by atoms with Gasteiger partial charge in [-0.25, -0.2) is 0 Å². The van der Waals surface area contributed by atoms with Crippen molar-refractivity contribution >= 4 is 21.6 Å². The van der Waals surface area contributed by atoms with Gasteiger partial charge in [-0.05, 0) is 35.9 Å². The van der Waals surface area contributed by atoms with Crippen LogP contribution in [-0.2, 0) is 6.18 Å². The lowest BCUT2D eigenvalue weighted by atomic mass is 10.1. The summed E-state index contributed by atoms with van der Waals surface area (Å²) < 4.78 is 44.4. The highest BCUT2D eigenvalue weighted by molar-refractivity contribution is 9.10. The maximum atomic E-state index is 12.5. The van der Waals surface area contributed by atoms with Crippen molar-refractivity contribution in [2.24, 2.45) is 0 Å². The molecule has 1 atom stereocenters. The zero-order chi connectivity index (χ0) is 15.0. The van der Waals surface area contributed by atoms with Gasteiger partial charge in [0.05, 0.1) is 17.8 Å². The van der Waals surface area contributed by atoms with Crippen LogP contribution in [0.4, 0.5) is 18.9 Å². The van der Waals surface area contributed by atoms with Crippen LogP contribution in [0.25, 0.3) is 0 Å². The average Bonchev–Trinajstić information content (AvgIpc) is 2.46. The van der Waals surface area contributed by atoms with Gasteiger partial charge in [0.15, 0.2) is 0 Å². The van der Waals surface area contributed by atoms with Gasteiger partial charge < -0.3 is 10.1 Å². The number of hydrogen-bond acceptors (Lipinski definition) is 2. The van der Waals surface area contributed by atoms with E-state index >= 15 is 0 Å². The zero-order valence-electron chi connectivity index (χ0n) is 10.7. The van der Waals surface area contributed by atoms with Crippen molar-refractivity contribution in [3.63, 3.8) is 0 Å². The van der Waals surface area contributed by atoms with E-state index in [4.69, 9.17) is 4.74 Å². The third kappa shape index (κ3) is 3.00. The molecule has 0 saturated carbocycles. The van der Waals surface area contributed by atoms with Gasteiger partial charge in [-0.1, -0.05) is 28.1 Å². The first-order valence-corrected chi connectivity index (χ1v) is 7.10. The summed E-state index contributed by atoms with van der Waals surface area (Å²) in [6.07, 6.45) is -4.62. The lowest BCUT2D eigenvalue weighted by Gasteiger charge is -2.28. The number of anilines is 1. The van der Waals surface area contributed by atoms with Crippen LogP contribution in [0.2, 0.25) is 0 Å². The average molecular weight is 358 g/mol. The molecule has 0 saturated heterocycles. The lowest BCUT2D eigenvalue weighted by Crippen LogP contribution is -2.23. The quantitative estimate of drug-likeness (QED) is 0.774. The Kier molecular flexibility index (Phi) is 3.57. The van der Waals surface area contributed by atoms with E-state index in [0.717, 1.165) is 22.3 Å². The molecule has 0 bridgehead atoms. The van der Waals surface area contributed by atoms with Crippen molar-refractivity contribution in [3.8, 4) is 5.75 Å². The van der Waals surface area contributed by atoms with Gasteiger partial charge in [-0.3, -0.25) is 0 Å². The predicted molar refractivity (Wildman–Crippen MR) is 77.4 cm³/mol. The van der Waals surface area contributed by atoms with Gasteiger partial charge in [-0.2, -0.15) is 13.2 Å². The van der Waals surface area contributed by atoms with E-state index in [1.165, 1.54) is 12.1 Å². The minimum Gasteiger partial charge on any atom is -0.482 e. The number of benzene rings is 2. The first-order chi connectivity index (χ1) is 9.93. The zero-order valence-corrected chi connectivity index (χ0v) is 12.3. The summed E-state index contributed by atoms with van der Waals surface area (Å²) >= 11 is 3.37. The number of halogens is 4. The summed E-state index contributed by atoms with van der Waals surface area (Å²) in [4.78, 5) is 0. The minimum atomic E-state index is -4.32. The number of hydrogen-bond donors (Lipinski definition) is 1. The van der Waals surface area contributed by atoms with Crippen molar-refractivity contribution in [1.29, 1.82) is 0 Å². The largest absolute Gasteiger partial charge is 0.482 e. The van der Waals surface area contributed by atoms with Gasteiger partial charge in [0.25, 0.3) is 0 Å². The van der Waals surface area contributed by atoms with Gasteiger partial charge in [0.2, 0.25) is 0 Å². The third-order valence-corrected chi connectivity index (χ3v) is 3.79. The van der Waals surface area contributed by atoms with Crippen LogP contribution >= 0.6 is 15.9 Å². The Balaban J connectivity index is 1.81. The SMILES string of the molecule is FC(F)(F)c1ccc(C2CNc3cc(Br)ccc3O2)cc1. The maximum absolute atomic E-state index is 12.5. The molecule has 1 aliphatic heterocycles. The molecular weight excluding hydrogens is 347 g/mol. The van der Waals surface area contributed by atoms with Crippen LogP contribution < -0.4 is 10.1 Å². The first-order valence-electron chi connectivity index (χ1n) is 6.31. The van der Waals surface area contributed by atoms with E-state index in [-0.39, 0.29) is 6.10 Å². The number of alkyl halides is 3. The molecule has 3 rings (SSSR count). The lowest BCUT2D eigenvalue weighted by molar-refractivity contribution is -0.137. The molecule has 1 heterocycles. The Labute approximate surface area is 128 Å². The number of ether oxygens (including phenoxy) is 1. The third-order valence-electron chi connectivity index (χ3n) is 3.30. The fourth-order valence-electron chi connectivity index (χ4n) is 2.21. The molecule has 0 aliphatic carbocycles. The van der Waals surface area contributed by atoms with Crippen molar-refractivity contribution in [3.05, 3.63) is 58.1 Å². The fourth-order valence-corrected chi connectivity index (χ4v) is 2.57. The predicted octanol–water partition coefficient (Wildman–Crippen LogP) is 5.01. The first kappa shape index (κ1) is 14.3. The van der Waals surface area contributed by atoms with E-state index < -0.39 is 11.7 Å². The Morgan fingerprint density at radius 3 is 2.48 bits per heavy atom. The second-order valence-corrected chi connectivity index (χ2v) is 5.66. The fraction of sp³-hybridized carbons (Fsp3) is 0.200. The summed E-state index contributed by atoms with van der Waals surface area (Å²) in [7, 11) is 0. The summed E-state index contributed by atoms with van der Waals surface area (Å²) in [5.41, 5.74) is 0.927. The molecule has 1 unspecified atom stereocenters. The number of nitrogens with one attached hydrogen (secondary N) is 1. The van der Waals surface area contributed by atoms with Crippen LogP contribution in [-0.4, -0.2) is 6.54 Å². The van der Waals surface area contributed by atoms with E-state index in [1.54, 1.807) is 0 Å². The highest BCUT2D eigenvalue weighted by Gasteiger charge is 2.30. The number of rotatable bonds is 1. The molecule has 0 amide bonds. The standard InChI is InChI=1S/C15H11BrF3NO/c16-11-5-6-13-12(7-11)20-8-14(21-13)9-1-3-10(4-2-9)15(17,18)19/h1-7,14,20H,8H2. The Morgan fingerprint density at radius 2 is 1.81 bits per heavy atom. The minimum absolute atomic E-state index is 0.305. The van der Waals surface area contributed by atoms with E-state index in [0.29, 0.717) is 17.9 Å². The highest BCUT2D eigenvalue weighted by atomic mass is 79.9. The molecule has 2 nitrogen and oxygen atoms in total. The summed E-state index contributed by atoms with van der Waals surface area (Å²) in [5, 5.41) is 3.22. The van der Waals surface area contributed by atoms with Crippen LogP contribution in [0, 0.1) is 0 Å². The van der Waals surface area contributed by atoms with Gasteiger partial charge in [0.1, 0.15) is 11.9 Å². The van der Waals surface area contributed by atoms with E-state index in [2.05, 4.69) is 21.2 Å². The number of fused-ring (bicyclic) bond motifs is 1. The van der Waals surface area contributed by atoms with Crippen molar-refractivity contribution < 1.29 is 17.9 Å². The van der Waals surface area contributed by atoms with Crippen LogP contribution in [0.3, 0.4) is 0 Å². The summed E-state index contributed by atoms with van der Waals surface area (Å²) in [5.74, 6) is 0.689. The Hall–Kier alpha value is -1.69. The topological polar surface area (TPSA) is 21.3 Å². The Morgan fingerprint density at radius 1 is 1.10 bits per heavy atom. The molecule has 0 fully saturated rings. The van der Waals surface area contributed by atoms with Crippen LogP contribution in [0.1, 0.15) is 17.2 Å². The van der Waals surface area contributed by atoms with Crippen LogP contribution in [0.15, 0.2) is 46.9 Å². The maximum Gasteiger partial charge on any atom is 0.416 e. The molecule has 21 heavy (non-hydrogen) atoms. The molecule has 0 spiro atoms. The monoisotopic (exact) mass is 357 g/mol. The molecule has 1 N–H and O–H groups in total.